The first-order chi connectivity index (χ1) is 9.66. The van der Waals surface area contributed by atoms with Gasteiger partial charge in [0.05, 0.1) is 17.8 Å². The third-order valence-corrected chi connectivity index (χ3v) is 3.72. The van der Waals surface area contributed by atoms with Crippen LogP contribution >= 0.6 is 0 Å². The number of hydrogen-bond donors (Lipinski definition) is 1. The molecule has 8 nitrogen and oxygen atoms in total. The quantitative estimate of drug-likeness (QED) is 0.669. The molecule has 0 spiro atoms. The summed E-state index contributed by atoms with van der Waals surface area (Å²) in [6, 6.07) is 5.79. The maximum absolute atomic E-state index is 11.4. The lowest BCUT2D eigenvalue weighted by Crippen LogP contribution is -2.13. The topological polar surface area (TPSA) is 121 Å². The number of rotatable bonds is 4. The molecular weight excluding hydrogens is 296 g/mol. The fourth-order valence-electron chi connectivity index (χ4n) is 2.15. The van der Waals surface area contributed by atoms with E-state index in [2.05, 4.69) is 5.10 Å². The summed E-state index contributed by atoms with van der Waals surface area (Å²) in [4.78, 5) is 9.40. The van der Waals surface area contributed by atoms with Crippen LogP contribution in [0.3, 0.4) is 0 Å². The Morgan fingerprint density at radius 3 is 2.29 bits per heavy atom. The molecule has 0 radical (unpaired) electrons. The SMILES string of the molecule is Cc1cc(C)cc(Cn2cc(S(N)(=O)=O)c([N+](=O)[O-])n2)c1. The number of nitro groups is 1. The molecule has 2 aromatic rings. The van der Waals surface area contributed by atoms with Crippen molar-refractivity contribution in [3.63, 3.8) is 0 Å². The highest BCUT2D eigenvalue weighted by Crippen LogP contribution is 2.21. The summed E-state index contributed by atoms with van der Waals surface area (Å²) in [5, 5.41) is 19.5. The van der Waals surface area contributed by atoms with Crippen molar-refractivity contribution in [1.29, 1.82) is 0 Å². The van der Waals surface area contributed by atoms with E-state index in [1.54, 1.807) is 0 Å². The molecule has 9 heteroatoms. The predicted octanol–water partition coefficient (Wildman–Crippen LogP) is 1.10. The van der Waals surface area contributed by atoms with Crippen LogP contribution in [0.5, 0.6) is 0 Å². The van der Waals surface area contributed by atoms with Gasteiger partial charge in [-0.25, -0.2) is 13.6 Å². The van der Waals surface area contributed by atoms with Gasteiger partial charge in [-0.1, -0.05) is 29.3 Å². The molecule has 0 bridgehead atoms. The third-order valence-electron chi connectivity index (χ3n) is 2.82. The van der Waals surface area contributed by atoms with E-state index in [1.165, 1.54) is 4.68 Å². The van der Waals surface area contributed by atoms with Gasteiger partial charge in [0, 0.05) is 0 Å². The van der Waals surface area contributed by atoms with Gasteiger partial charge in [0.1, 0.15) is 0 Å². The van der Waals surface area contributed by atoms with Crippen LogP contribution in [-0.2, 0) is 16.6 Å². The van der Waals surface area contributed by atoms with Gasteiger partial charge in [0.2, 0.25) is 14.9 Å². The van der Waals surface area contributed by atoms with Crippen LogP contribution in [0.1, 0.15) is 16.7 Å². The van der Waals surface area contributed by atoms with Crippen molar-refractivity contribution in [2.24, 2.45) is 5.14 Å². The van der Waals surface area contributed by atoms with Gasteiger partial charge < -0.3 is 10.1 Å². The van der Waals surface area contributed by atoms with Crippen LogP contribution in [0.4, 0.5) is 5.82 Å². The molecular formula is C12H14N4O4S. The minimum Gasteiger partial charge on any atom is -0.358 e. The average Bonchev–Trinajstić information content (AvgIpc) is 2.71. The van der Waals surface area contributed by atoms with E-state index >= 15 is 0 Å². The van der Waals surface area contributed by atoms with E-state index in [-0.39, 0.29) is 6.54 Å². The number of aromatic nitrogens is 2. The maximum atomic E-state index is 11.4. The molecule has 0 aliphatic heterocycles. The van der Waals surface area contributed by atoms with E-state index in [1.807, 2.05) is 32.0 Å². The van der Waals surface area contributed by atoms with Gasteiger partial charge in [0.25, 0.3) is 0 Å². The Morgan fingerprint density at radius 1 is 1.29 bits per heavy atom. The van der Waals surface area contributed by atoms with Gasteiger partial charge in [-0.2, -0.15) is 4.68 Å². The third kappa shape index (κ3) is 3.44. The second-order valence-electron chi connectivity index (χ2n) is 4.81. The number of nitrogens with zero attached hydrogens (tertiary/aromatic N) is 3. The molecule has 0 amide bonds. The standard InChI is InChI=1S/C12H14N4O4S/c1-8-3-9(2)5-10(4-8)6-15-7-11(21(13,19)20)12(14-15)16(17)18/h3-5,7H,6H2,1-2H3,(H2,13,19,20). The van der Waals surface area contributed by atoms with Crippen molar-refractivity contribution in [3.05, 3.63) is 51.2 Å². The van der Waals surface area contributed by atoms with Crippen molar-refractivity contribution in [2.45, 2.75) is 25.3 Å². The summed E-state index contributed by atoms with van der Waals surface area (Å²) in [7, 11) is -4.19. The van der Waals surface area contributed by atoms with Gasteiger partial charge in [-0.15, -0.1) is 0 Å². The first kappa shape index (κ1) is 15.1. The minimum atomic E-state index is -4.19. The monoisotopic (exact) mass is 310 g/mol. The van der Waals surface area contributed by atoms with Crippen molar-refractivity contribution in [1.82, 2.24) is 9.78 Å². The average molecular weight is 310 g/mol. The second-order valence-corrected chi connectivity index (χ2v) is 6.34. The van der Waals surface area contributed by atoms with E-state index in [0.29, 0.717) is 0 Å². The molecule has 0 saturated heterocycles. The Kier molecular flexibility index (Phi) is 3.79. The van der Waals surface area contributed by atoms with Gasteiger partial charge in [0.15, 0.2) is 0 Å². The molecule has 0 aliphatic carbocycles. The molecule has 0 aliphatic rings. The molecule has 0 fully saturated rings. The molecule has 0 unspecified atom stereocenters. The Labute approximate surface area is 121 Å². The first-order valence-corrected chi connectivity index (χ1v) is 7.53. The number of nitrogens with two attached hydrogens (primary N) is 1. The molecule has 112 valence electrons. The van der Waals surface area contributed by atoms with E-state index in [4.69, 9.17) is 5.14 Å². The molecule has 1 aromatic carbocycles. The maximum Gasteiger partial charge on any atom is 0.410 e. The highest BCUT2D eigenvalue weighted by atomic mass is 32.2. The van der Waals surface area contributed by atoms with Gasteiger partial charge in [-0.3, -0.25) is 0 Å². The minimum absolute atomic E-state index is 0.221. The number of primary sulfonamides is 1. The van der Waals surface area contributed by atoms with E-state index in [9.17, 15) is 18.5 Å². The number of aryl methyl sites for hydroxylation is 2. The summed E-state index contributed by atoms with van der Waals surface area (Å²) in [5.74, 6) is -0.762. The lowest BCUT2D eigenvalue weighted by molar-refractivity contribution is -0.392. The van der Waals surface area contributed by atoms with Crippen LogP contribution in [0.15, 0.2) is 29.3 Å². The Morgan fingerprint density at radius 2 is 1.86 bits per heavy atom. The Bertz CT molecular complexity index is 790. The summed E-state index contributed by atoms with van der Waals surface area (Å²) in [5.41, 5.74) is 2.95. The molecule has 0 atom stereocenters. The number of hydrogen-bond acceptors (Lipinski definition) is 5. The largest absolute Gasteiger partial charge is 0.410 e. The van der Waals surface area contributed by atoms with Crippen LogP contribution in [0.25, 0.3) is 0 Å². The predicted molar refractivity (Wildman–Crippen MR) is 75.3 cm³/mol. The number of benzene rings is 1. The lowest BCUT2D eigenvalue weighted by Gasteiger charge is -2.02. The molecule has 21 heavy (non-hydrogen) atoms. The fraction of sp³-hybridized carbons (Fsp3) is 0.250. The van der Waals surface area contributed by atoms with Gasteiger partial charge >= 0.3 is 5.82 Å². The van der Waals surface area contributed by atoms with Crippen LogP contribution in [0.2, 0.25) is 0 Å². The fourth-order valence-corrected chi connectivity index (χ4v) is 2.79. The highest BCUT2D eigenvalue weighted by molar-refractivity contribution is 7.89. The van der Waals surface area contributed by atoms with Crippen LogP contribution < -0.4 is 5.14 Å². The van der Waals surface area contributed by atoms with Crippen molar-refractivity contribution < 1.29 is 13.3 Å². The normalized spacial score (nSPS) is 11.6. The van der Waals surface area contributed by atoms with Crippen LogP contribution in [0, 0.1) is 24.0 Å². The molecule has 2 N–H and O–H groups in total. The summed E-state index contributed by atoms with van der Waals surface area (Å²) in [6.07, 6.45) is 1.07. The number of sulfonamides is 1. The van der Waals surface area contributed by atoms with E-state index in [0.717, 1.165) is 22.9 Å². The zero-order chi connectivity index (χ0) is 15.8. The summed E-state index contributed by atoms with van der Waals surface area (Å²) in [6.45, 7) is 4.08. The lowest BCUT2D eigenvalue weighted by atomic mass is 10.1. The Balaban J connectivity index is 2.44. The van der Waals surface area contributed by atoms with Crippen LogP contribution in [-0.4, -0.2) is 23.1 Å². The van der Waals surface area contributed by atoms with E-state index < -0.39 is 25.7 Å². The summed E-state index contributed by atoms with van der Waals surface area (Å²) >= 11 is 0. The molecule has 1 heterocycles. The molecule has 1 aromatic heterocycles. The smallest absolute Gasteiger partial charge is 0.358 e. The summed E-state index contributed by atoms with van der Waals surface area (Å²) < 4.78 is 23.9. The molecule has 0 saturated carbocycles. The van der Waals surface area contributed by atoms with Crippen molar-refractivity contribution in [2.75, 3.05) is 0 Å². The first-order valence-electron chi connectivity index (χ1n) is 5.98. The zero-order valence-corrected chi connectivity index (χ0v) is 12.3. The van der Waals surface area contributed by atoms with Crippen molar-refractivity contribution in [3.8, 4) is 0 Å². The zero-order valence-electron chi connectivity index (χ0n) is 11.5. The van der Waals surface area contributed by atoms with Gasteiger partial charge in [-0.05, 0) is 24.3 Å². The second kappa shape index (κ2) is 5.26. The Hall–Kier alpha value is -2.26. The highest BCUT2D eigenvalue weighted by Gasteiger charge is 2.28. The van der Waals surface area contributed by atoms with Crippen molar-refractivity contribution >= 4 is 15.8 Å². The molecule has 2 rings (SSSR count).